The summed E-state index contributed by atoms with van der Waals surface area (Å²) in [6, 6.07) is 15.7. The van der Waals surface area contributed by atoms with Gasteiger partial charge in [0.1, 0.15) is 11.6 Å². The number of hydrogen-bond acceptors (Lipinski definition) is 5. The van der Waals surface area contributed by atoms with E-state index < -0.39 is 5.97 Å². The highest BCUT2D eigenvalue weighted by molar-refractivity contribution is 9.10. The molecular formula is C21H19BrN2O3. The number of carbonyl (C=O) groups is 1. The van der Waals surface area contributed by atoms with Crippen LogP contribution in [0.25, 0.3) is 17.0 Å². The van der Waals surface area contributed by atoms with Crippen LogP contribution in [0, 0.1) is 0 Å². The number of ether oxygens (including phenoxy) is 2. The summed E-state index contributed by atoms with van der Waals surface area (Å²) in [7, 11) is 3.00. The predicted molar refractivity (Wildman–Crippen MR) is 111 cm³/mol. The van der Waals surface area contributed by atoms with Gasteiger partial charge >= 0.3 is 5.97 Å². The Morgan fingerprint density at radius 1 is 1.15 bits per heavy atom. The Hall–Kier alpha value is -2.86. The number of pyridine rings is 1. The first-order valence-corrected chi connectivity index (χ1v) is 9.11. The minimum atomic E-state index is -0.412. The van der Waals surface area contributed by atoms with Crippen molar-refractivity contribution >= 4 is 44.7 Å². The molecule has 27 heavy (non-hydrogen) atoms. The van der Waals surface area contributed by atoms with Gasteiger partial charge in [0.15, 0.2) is 0 Å². The fourth-order valence-corrected chi connectivity index (χ4v) is 2.97. The molecule has 138 valence electrons. The van der Waals surface area contributed by atoms with Gasteiger partial charge in [-0.15, -0.1) is 0 Å². The Morgan fingerprint density at radius 3 is 2.63 bits per heavy atom. The lowest BCUT2D eigenvalue weighted by molar-refractivity contribution is -0.134. The molecule has 0 radical (unpaired) electrons. The summed E-state index contributed by atoms with van der Waals surface area (Å²) in [5, 5.41) is 4.32. The predicted octanol–water partition coefficient (Wildman–Crippen LogP) is 4.80. The van der Waals surface area contributed by atoms with Crippen molar-refractivity contribution in [3.05, 3.63) is 70.2 Å². The summed E-state index contributed by atoms with van der Waals surface area (Å²) >= 11 is 3.48. The maximum absolute atomic E-state index is 11.5. The van der Waals surface area contributed by atoms with Crippen LogP contribution in [0.3, 0.4) is 0 Å². The van der Waals surface area contributed by atoms with Crippen LogP contribution in [0.15, 0.2) is 59.1 Å². The molecule has 1 heterocycles. The van der Waals surface area contributed by atoms with Crippen molar-refractivity contribution in [3.8, 4) is 5.75 Å². The van der Waals surface area contributed by atoms with Crippen molar-refractivity contribution in [2.75, 3.05) is 19.5 Å². The zero-order valence-electron chi connectivity index (χ0n) is 15.0. The summed E-state index contributed by atoms with van der Waals surface area (Å²) in [6.07, 6.45) is 3.09. The number of aromatic nitrogens is 1. The summed E-state index contributed by atoms with van der Waals surface area (Å²) in [5.74, 6) is 1.10. The van der Waals surface area contributed by atoms with Crippen LogP contribution in [0.1, 0.15) is 11.1 Å². The molecule has 2 aromatic carbocycles. The molecule has 0 aliphatic heterocycles. The molecule has 0 aliphatic rings. The van der Waals surface area contributed by atoms with E-state index in [1.165, 1.54) is 13.2 Å². The first-order valence-electron chi connectivity index (χ1n) is 8.32. The standard InChI is InChI=1S/C21H19BrN2O3/c1-26-18-7-3-14(4-8-18)13-23-21-15(5-10-20(25)27-2)11-16-12-17(22)6-9-19(16)24-21/h3-12H,13H2,1-2H3,(H,23,24)/b10-5+. The first kappa shape index (κ1) is 18.9. The van der Waals surface area contributed by atoms with Gasteiger partial charge in [0, 0.05) is 28.0 Å². The summed E-state index contributed by atoms with van der Waals surface area (Å²) in [4.78, 5) is 16.2. The van der Waals surface area contributed by atoms with Crippen molar-refractivity contribution in [3.63, 3.8) is 0 Å². The zero-order valence-corrected chi connectivity index (χ0v) is 16.6. The van der Waals surface area contributed by atoms with Crippen LogP contribution < -0.4 is 10.1 Å². The second-order valence-electron chi connectivity index (χ2n) is 5.82. The van der Waals surface area contributed by atoms with E-state index in [0.29, 0.717) is 12.4 Å². The van der Waals surface area contributed by atoms with Crippen molar-refractivity contribution in [2.45, 2.75) is 6.54 Å². The molecular weight excluding hydrogens is 408 g/mol. The van der Waals surface area contributed by atoms with Crippen molar-refractivity contribution in [1.29, 1.82) is 0 Å². The number of hydrogen-bond donors (Lipinski definition) is 1. The topological polar surface area (TPSA) is 60.5 Å². The van der Waals surface area contributed by atoms with E-state index in [9.17, 15) is 4.79 Å². The lowest BCUT2D eigenvalue weighted by Gasteiger charge is -2.11. The van der Waals surface area contributed by atoms with Gasteiger partial charge in [-0.05, 0) is 48.0 Å². The van der Waals surface area contributed by atoms with Crippen LogP contribution in [0.2, 0.25) is 0 Å². The maximum Gasteiger partial charge on any atom is 0.330 e. The van der Waals surface area contributed by atoms with Crippen molar-refractivity contribution in [2.24, 2.45) is 0 Å². The van der Waals surface area contributed by atoms with E-state index >= 15 is 0 Å². The average molecular weight is 427 g/mol. The van der Waals surface area contributed by atoms with Gasteiger partial charge in [0.25, 0.3) is 0 Å². The van der Waals surface area contributed by atoms with Crippen molar-refractivity contribution < 1.29 is 14.3 Å². The van der Waals surface area contributed by atoms with E-state index in [-0.39, 0.29) is 0 Å². The molecule has 0 aliphatic carbocycles. The quantitative estimate of drug-likeness (QED) is 0.452. The van der Waals surface area contributed by atoms with Gasteiger partial charge in [-0.1, -0.05) is 28.1 Å². The molecule has 6 heteroatoms. The highest BCUT2D eigenvalue weighted by Gasteiger charge is 2.07. The number of benzene rings is 2. The van der Waals surface area contributed by atoms with E-state index in [1.807, 2.05) is 48.5 Å². The van der Waals surface area contributed by atoms with Gasteiger partial charge in [-0.3, -0.25) is 0 Å². The van der Waals surface area contributed by atoms with Crippen LogP contribution in [0.5, 0.6) is 5.75 Å². The molecule has 0 bridgehead atoms. The molecule has 0 unspecified atom stereocenters. The minimum absolute atomic E-state index is 0.412. The van der Waals surface area contributed by atoms with Crippen LogP contribution in [-0.2, 0) is 16.1 Å². The molecule has 1 N–H and O–H groups in total. The number of carbonyl (C=O) groups excluding carboxylic acids is 1. The number of methoxy groups -OCH3 is 2. The Kier molecular flexibility index (Phi) is 6.08. The van der Waals surface area contributed by atoms with E-state index in [1.54, 1.807) is 13.2 Å². The minimum Gasteiger partial charge on any atom is -0.497 e. The molecule has 0 atom stereocenters. The average Bonchev–Trinajstić information content (AvgIpc) is 2.70. The summed E-state index contributed by atoms with van der Waals surface area (Å²) in [6.45, 7) is 0.595. The van der Waals surface area contributed by atoms with Crippen molar-refractivity contribution in [1.82, 2.24) is 4.98 Å². The van der Waals surface area contributed by atoms with Gasteiger partial charge in [0.2, 0.25) is 0 Å². The highest BCUT2D eigenvalue weighted by Crippen LogP contribution is 2.25. The normalized spacial score (nSPS) is 10.9. The number of fused-ring (bicyclic) bond motifs is 1. The van der Waals surface area contributed by atoms with E-state index in [0.717, 1.165) is 32.3 Å². The molecule has 0 fully saturated rings. The number of halogens is 1. The smallest absolute Gasteiger partial charge is 0.330 e. The maximum atomic E-state index is 11.5. The molecule has 5 nitrogen and oxygen atoms in total. The molecule has 0 amide bonds. The first-order chi connectivity index (χ1) is 13.1. The number of esters is 1. The summed E-state index contributed by atoms with van der Waals surface area (Å²) in [5.41, 5.74) is 2.77. The van der Waals surface area contributed by atoms with E-state index in [4.69, 9.17) is 9.72 Å². The fraction of sp³-hybridized carbons (Fsp3) is 0.143. The molecule has 0 saturated heterocycles. The lowest BCUT2D eigenvalue weighted by Crippen LogP contribution is -2.04. The molecule has 3 aromatic rings. The van der Waals surface area contributed by atoms with E-state index in [2.05, 4.69) is 26.0 Å². The summed E-state index contributed by atoms with van der Waals surface area (Å²) < 4.78 is 10.8. The van der Waals surface area contributed by atoms with Gasteiger partial charge < -0.3 is 14.8 Å². The number of rotatable bonds is 6. The molecule has 1 aromatic heterocycles. The van der Waals surface area contributed by atoms with Gasteiger partial charge in [0.05, 0.1) is 19.7 Å². The largest absolute Gasteiger partial charge is 0.497 e. The highest BCUT2D eigenvalue weighted by atomic mass is 79.9. The second-order valence-corrected chi connectivity index (χ2v) is 6.74. The zero-order chi connectivity index (χ0) is 19.2. The monoisotopic (exact) mass is 426 g/mol. The van der Waals surface area contributed by atoms with Crippen LogP contribution in [0.4, 0.5) is 5.82 Å². The molecule has 0 spiro atoms. The third-order valence-corrected chi connectivity index (χ3v) is 4.52. The lowest BCUT2D eigenvalue weighted by atomic mass is 10.1. The Bertz CT molecular complexity index is 985. The van der Waals surface area contributed by atoms with Crippen LogP contribution in [-0.4, -0.2) is 25.2 Å². The Morgan fingerprint density at radius 2 is 1.93 bits per heavy atom. The number of anilines is 1. The third kappa shape index (κ3) is 4.86. The van der Waals surface area contributed by atoms with Gasteiger partial charge in [-0.2, -0.15) is 0 Å². The van der Waals surface area contributed by atoms with Gasteiger partial charge in [-0.25, -0.2) is 9.78 Å². The Labute approximate surface area is 166 Å². The number of nitrogens with one attached hydrogen (secondary N) is 1. The molecule has 0 saturated carbocycles. The second kappa shape index (κ2) is 8.68. The third-order valence-electron chi connectivity index (χ3n) is 4.03. The Balaban J connectivity index is 1.91. The SMILES string of the molecule is COC(=O)/C=C/c1cc2cc(Br)ccc2nc1NCc1ccc(OC)cc1. The molecule has 3 rings (SSSR count). The van der Waals surface area contributed by atoms with Crippen LogP contribution >= 0.6 is 15.9 Å². The fourth-order valence-electron chi connectivity index (χ4n) is 2.59. The number of nitrogens with zero attached hydrogens (tertiary/aromatic N) is 1.